The second-order valence-electron chi connectivity index (χ2n) is 5.43. The van der Waals surface area contributed by atoms with Crippen LogP contribution in [0.15, 0.2) is 47.3 Å². The zero-order valence-electron chi connectivity index (χ0n) is 12.7. The van der Waals surface area contributed by atoms with Gasteiger partial charge >= 0.3 is 0 Å². The topological polar surface area (TPSA) is 45.9 Å². The van der Waals surface area contributed by atoms with Crippen molar-refractivity contribution in [3.8, 4) is 5.75 Å². The quantitative estimate of drug-likeness (QED) is 0.869. The Morgan fingerprint density at radius 3 is 2.45 bits per heavy atom. The molecule has 5 heteroatoms. The first-order valence-corrected chi connectivity index (χ1v) is 7.43. The van der Waals surface area contributed by atoms with Crippen LogP contribution in [0.1, 0.15) is 15.9 Å². The molecule has 2 heterocycles. The molecule has 1 amide bonds. The minimum Gasteiger partial charge on any atom is -0.497 e. The Labute approximate surface area is 130 Å². The highest BCUT2D eigenvalue weighted by Crippen LogP contribution is 2.15. The first kappa shape index (κ1) is 14.7. The third-order valence-electron chi connectivity index (χ3n) is 3.99. The van der Waals surface area contributed by atoms with Crippen LogP contribution in [0, 0.1) is 0 Å². The first-order chi connectivity index (χ1) is 10.8. The van der Waals surface area contributed by atoms with Gasteiger partial charge in [0.1, 0.15) is 12.0 Å². The van der Waals surface area contributed by atoms with E-state index in [1.165, 1.54) is 18.1 Å². The van der Waals surface area contributed by atoms with Crippen LogP contribution in [0.4, 0.5) is 0 Å². The average molecular weight is 300 g/mol. The van der Waals surface area contributed by atoms with E-state index in [4.69, 9.17) is 9.15 Å². The van der Waals surface area contributed by atoms with Gasteiger partial charge in [0.05, 0.1) is 18.9 Å². The van der Waals surface area contributed by atoms with Crippen molar-refractivity contribution in [3.05, 3.63) is 54.0 Å². The molecule has 0 radical (unpaired) electrons. The van der Waals surface area contributed by atoms with E-state index >= 15 is 0 Å². The lowest BCUT2D eigenvalue weighted by molar-refractivity contribution is 0.0628. The number of ether oxygens (including phenoxy) is 1. The summed E-state index contributed by atoms with van der Waals surface area (Å²) >= 11 is 0. The SMILES string of the molecule is COc1ccc(CN2CCN(C(=O)c3ccoc3)CC2)cc1. The number of methoxy groups -OCH3 is 1. The van der Waals surface area contributed by atoms with Crippen LogP contribution in [0.2, 0.25) is 0 Å². The number of piperazine rings is 1. The molecule has 22 heavy (non-hydrogen) atoms. The summed E-state index contributed by atoms with van der Waals surface area (Å²) in [6.07, 6.45) is 3.04. The molecule has 0 N–H and O–H groups in total. The van der Waals surface area contributed by atoms with E-state index in [1.54, 1.807) is 13.2 Å². The first-order valence-electron chi connectivity index (χ1n) is 7.43. The van der Waals surface area contributed by atoms with E-state index in [9.17, 15) is 4.79 Å². The molecule has 0 bridgehead atoms. The van der Waals surface area contributed by atoms with Crippen molar-refractivity contribution in [2.75, 3.05) is 33.3 Å². The fourth-order valence-corrected chi connectivity index (χ4v) is 2.67. The number of carbonyl (C=O) groups excluding carboxylic acids is 1. The molecule has 1 aliphatic heterocycles. The lowest BCUT2D eigenvalue weighted by atomic mass is 10.2. The monoisotopic (exact) mass is 300 g/mol. The minimum absolute atomic E-state index is 0.0536. The molecular weight excluding hydrogens is 280 g/mol. The Balaban J connectivity index is 1.52. The van der Waals surface area contributed by atoms with Crippen molar-refractivity contribution < 1.29 is 13.9 Å². The molecular formula is C17H20N2O3. The second-order valence-corrected chi connectivity index (χ2v) is 5.43. The number of carbonyl (C=O) groups is 1. The van der Waals surface area contributed by atoms with Crippen molar-refractivity contribution in [2.24, 2.45) is 0 Å². The van der Waals surface area contributed by atoms with Gasteiger partial charge in [-0.15, -0.1) is 0 Å². The van der Waals surface area contributed by atoms with Crippen LogP contribution in [-0.2, 0) is 6.54 Å². The Morgan fingerprint density at radius 1 is 1.14 bits per heavy atom. The fourth-order valence-electron chi connectivity index (χ4n) is 2.67. The van der Waals surface area contributed by atoms with Crippen LogP contribution < -0.4 is 4.74 Å². The Kier molecular flexibility index (Phi) is 4.44. The van der Waals surface area contributed by atoms with Crippen molar-refractivity contribution in [1.29, 1.82) is 0 Å². The molecule has 1 saturated heterocycles. The second kappa shape index (κ2) is 6.66. The lowest BCUT2D eigenvalue weighted by Crippen LogP contribution is -2.48. The zero-order chi connectivity index (χ0) is 15.4. The van der Waals surface area contributed by atoms with Gasteiger partial charge in [0.2, 0.25) is 0 Å². The highest BCUT2D eigenvalue weighted by atomic mass is 16.5. The molecule has 2 aromatic rings. The zero-order valence-corrected chi connectivity index (χ0v) is 12.7. The van der Waals surface area contributed by atoms with Crippen LogP contribution in [0.3, 0.4) is 0 Å². The number of benzene rings is 1. The standard InChI is InChI=1S/C17H20N2O3/c1-21-16-4-2-14(3-5-16)12-18-7-9-19(10-8-18)17(20)15-6-11-22-13-15/h2-6,11,13H,7-10,12H2,1H3. The number of amides is 1. The van der Waals surface area contributed by atoms with E-state index < -0.39 is 0 Å². The van der Waals surface area contributed by atoms with Gasteiger partial charge in [0.15, 0.2) is 0 Å². The highest BCUT2D eigenvalue weighted by molar-refractivity contribution is 5.93. The summed E-state index contributed by atoms with van der Waals surface area (Å²) in [5.41, 5.74) is 1.89. The number of furan rings is 1. The Bertz CT molecular complexity index is 599. The number of hydrogen-bond acceptors (Lipinski definition) is 4. The summed E-state index contributed by atoms with van der Waals surface area (Å²) in [5.74, 6) is 0.928. The van der Waals surface area contributed by atoms with Crippen molar-refractivity contribution in [3.63, 3.8) is 0 Å². The predicted molar refractivity (Wildman–Crippen MR) is 82.9 cm³/mol. The molecule has 0 spiro atoms. The van der Waals surface area contributed by atoms with E-state index in [2.05, 4.69) is 17.0 Å². The van der Waals surface area contributed by atoms with Gasteiger partial charge in [-0.1, -0.05) is 12.1 Å². The van der Waals surface area contributed by atoms with Crippen LogP contribution in [0.5, 0.6) is 5.75 Å². The summed E-state index contributed by atoms with van der Waals surface area (Å²) < 4.78 is 10.1. The van der Waals surface area contributed by atoms with Crippen LogP contribution in [-0.4, -0.2) is 49.0 Å². The summed E-state index contributed by atoms with van der Waals surface area (Å²) in [7, 11) is 1.67. The van der Waals surface area contributed by atoms with Crippen LogP contribution in [0.25, 0.3) is 0 Å². The summed E-state index contributed by atoms with van der Waals surface area (Å²) in [6.45, 7) is 4.17. The molecule has 0 atom stereocenters. The molecule has 1 aromatic heterocycles. The average Bonchev–Trinajstić information content (AvgIpc) is 3.10. The van der Waals surface area contributed by atoms with Gasteiger partial charge in [-0.25, -0.2) is 0 Å². The molecule has 116 valence electrons. The fraction of sp³-hybridized carbons (Fsp3) is 0.353. The summed E-state index contributed by atoms with van der Waals surface area (Å²) in [4.78, 5) is 16.5. The predicted octanol–water partition coefficient (Wildman–Crippen LogP) is 2.25. The molecule has 3 rings (SSSR count). The van der Waals surface area contributed by atoms with E-state index in [0.29, 0.717) is 5.56 Å². The summed E-state index contributed by atoms with van der Waals surface area (Å²) in [6, 6.07) is 9.84. The summed E-state index contributed by atoms with van der Waals surface area (Å²) in [5, 5.41) is 0. The van der Waals surface area contributed by atoms with E-state index in [-0.39, 0.29) is 5.91 Å². The van der Waals surface area contributed by atoms with Gasteiger partial charge < -0.3 is 14.1 Å². The van der Waals surface area contributed by atoms with Gasteiger partial charge in [-0.2, -0.15) is 0 Å². The molecule has 0 unspecified atom stereocenters. The molecule has 5 nitrogen and oxygen atoms in total. The van der Waals surface area contributed by atoms with Crippen molar-refractivity contribution in [2.45, 2.75) is 6.54 Å². The maximum Gasteiger partial charge on any atom is 0.257 e. The smallest absolute Gasteiger partial charge is 0.257 e. The minimum atomic E-state index is 0.0536. The maximum absolute atomic E-state index is 12.2. The normalized spacial score (nSPS) is 15.8. The van der Waals surface area contributed by atoms with E-state index in [1.807, 2.05) is 17.0 Å². The number of nitrogens with zero attached hydrogens (tertiary/aromatic N) is 2. The highest BCUT2D eigenvalue weighted by Gasteiger charge is 2.22. The number of rotatable bonds is 4. The van der Waals surface area contributed by atoms with Gasteiger partial charge in [0, 0.05) is 32.7 Å². The molecule has 0 saturated carbocycles. The largest absolute Gasteiger partial charge is 0.497 e. The molecule has 1 aromatic carbocycles. The Hall–Kier alpha value is -2.27. The van der Waals surface area contributed by atoms with Crippen molar-refractivity contribution in [1.82, 2.24) is 9.80 Å². The van der Waals surface area contributed by atoms with Gasteiger partial charge in [0.25, 0.3) is 5.91 Å². The van der Waals surface area contributed by atoms with E-state index in [0.717, 1.165) is 38.5 Å². The molecule has 0 aliphatic carbocycles. The third kappa shape index (κ3) is 3.31. The lowest BCUT2D eigenvalue weighted by Gasteiger charge is -2.34. The van der Waals surface area contributed by atoms with Crippen LogP contribution >= 0.6 is 0 Å². The van der Waals surface area contributed by atoms with Gasteiger partial charge in [-0.05, 0) is 23.8 Å². The Morgan fingerprint density at radius 2 is 1.86 bits per heavy atom. The van der Waals surface area contributed by atoms with Gasteiger partial charge in [-0.3, -0.25) is 9.69 Å². The number of hydrogen-bond donors (Lipinski definition) is 0. The maximum atomic E-state index is 12.2. The molecule has 1 fully saturated rings. The van der Waals surface area contributed by atoms with Crippen molar-refractivity contribution >= 4 is 5.91 Å². The third-order valence-corrected chi connectivity index (χ3v) is 3.99. The molecule has 1 aliphatic rings.